The number of nitrogens with zero attached hydrogens (tertiary/aromatic N) is 1. The number of para-hydroxylation sites is 1. The highest BCUT2D eigenvalue weighted by molar-refractivity contribution is 5.76. The number of phenols is 1. The lowest BCUT2D eigenvalue weighted by molar-refractivity contribution is 0.470. The number of aryl methyl sites for hydroxylation is 3. The maximum atomic E-state index is 10.5. The molecule has 0 saturated heterocycles. The van der Waals surface area contributed by atoms with Gasteiger partial charge in [-0.1, -0.05) is 37.6 Å². The second-order valence-corrected chi connectivity index (χ2v) is 6.00. The van der Waals surface area contributed by atoms with Crippen LogP contribution in [0.3, 0.4) is 0 Å². The maximum absolute atomic E-state index is 10.5. The molecule has 1 aromatic heterocycles. The van der Waals surface area contributed by atoms with Gasteiger partial charge in [-0.05, 0) is 49.6 Å². The van der Waals surface area contributed by atoms with Crippen molar-refractivity contribution in [3.63, 3.8) is 0 Å². The first-order valence-electron chi connectivity index (χ1n) is 8.21. The zero-order valence-corrected chi connectivity index (χ0v) is 14.3. The van der Waals surface area contributed by atoms with Crippen LogP contribution in [0.25, 0.3) is 11.3 Å². The Balaban J connectivity index is 2.05. The van der Waals surface area contributed by atoms with Crippen LogP contribution in [0.5, 0.6) is 17.2 Å². The number of aromatic hydroxyl groups is 1. The Labute approximate surface area is 142 Å². The molecule has 0 atom stereocenters. The molecule has 4 heteroatoms. The summed E-state index contributed by atoms with van der Waals surface area (Å²) in [5.74, 6) is 1.62. The fourth-order valence-electron chi connectivity index (χ4n) is 2.90. The van der Waals surface area contributed by atoms with Crippen molar-refractivity contribution in [1.82, 2.24) is 10.2 Å². The first kappa shape index (κ1) is 16.1. The lowest BCUT2D eigenvalue weighted by Gasteiger charge is -2.12. The molecule has 0 aliphatic rings. The fraction of sp³-hybridized carbons (Fsp3) is 0.250. The summed E-state index contributed by atoms with van der Waals surface area (Å²) in [5.41, 5.74) is 4.29. The van der Waals surface area contributed by atoms with Gasteiger partial charge in [0.05, 0.1) is 11.3 Å². The van der Waals surface area contributed by atoms with E-state index in [4.69, 9.17) is 4.74 Å². The normalized spacial score (nSPS) is 10.8. The Bertz CT molecular complexity index is 815. The summed E-state index contributed by atoms with van der Waals surface area (Å²) < 4.78 is 6.02. The highest BCUT2D eigenvalue weighted by Gasteiger charge is 2.20. The molecule has 1 heterocycles. The van der Waals surface area contributed by atoms with Crippen molar-refractivity contribution < 1.29 is 9.84 Å². The molecule has 0 aliphatic carbocycles. The number of benzene rings is 2. The molecule has 2 aromatic carbocycles. The average Bonchev–Trinajstić information content (AvgIpc) is 2.89. The van der Waals surface area contributed by atoms with Gasteiger partial charge in [-0.15, -0.1) is 0 Å². The predicted molar refractivity (Wildman–Crippen MR) is 95.7 cm³/mol. The van der Waals surface area contributed by atoms with E-state index in [1.54, 1.807) is 0 Å². The van der Waals surface area contributed by atoms with E-state index in [-0.39, 0.29) is 5.75 Å². The Hall–Kier alpha value is -2.75. The van der Waals surface area contributed by atoms with Crippen LogP contribution in [-0.2, 0) is 6.42 Å². The molecule has 0 radical (unpaired) electrons. The molecule has 24 heavy (non-hydrogen) atoms. The number of aromatic amines is 1. The number of phenolic OH excluding ortho intramolecular Hbond substituents is 1. The van der Waals surface area contributed by atoms with Crippen LogP contribution in [0.2, 0.25) is 0 Å². The highest BCUT2D eigenvalue weighted by atomic mass is 16.5. The van der Waals surface area contributed by atoms with Gasteiger partial charge >= 0.3 is 0 Å². The van der Waals surface area contributed by atoms with Crippen LogP contribution in [0.1, 0.15) is 30.2 Å². The molecule has 3 rings (SSSR count). The Morgan fingerprint density at radius 3 is 2.54 bits per heavy atom. The first-order valence-corrected chi connectivity index (χ1v) is 8.21. The van der Waals surface area contributed by atoms with Crippen molar-refractivity contribution in [2.45, 2.75) is 33.6 Å². The number of aromatic nitrogens is 2. The van der Waals surface area contributed by atoms with Crippen LogP contribution in [-0.4, -0.2) is 15.3 Å². The molecule has 3 aromatic rings. The van der Waals surface area contributed by atoms with E-state index in [2.05, 4.69) is 23.2 Å². The van der Waals surface area contributed by atoms with Crippen LogP contribution >= 0.6 is 0 Å². The van der Waals surface area contributed by atoms with E-state index in [0.29, 0.717) is 17.0 Å². The minimum atomic E-state index is 0.239. The molecular weight excluding hydrogens is 300 g/mol. The van der Waals surface area contributed by atoms with Crippen molar-refractivity contribution in [3.05, 3.63) is 59.3 Å². The van der Waals surface area contributed by atoms with Crippen molar-refractivity contribution >= 4 is 0 Å². The standard InChI is InChI=1S/C20H22N2O2/c1-4-8-15-11-13(2)18(17(23)12-15)19-20(14(3)21-22-19)24-16-9-6-5-7-10-16/h5-7,9-12,23H,4,8H2,1-3H3,(H,21,22). The van der Waals surface area contributed by atoms with Crippen molar-refractivity contribution in [2.24, 2.45) is 0 Å². The number of ether oxygens (including phenoxy) is 1. The molecule has 0 spiro atoms. The largest absolute Gasteiger partial charge is 0.507 e. The molecule has 0 saturated carbocycles. The highest BCUT2D eigenvalue weighted by Crippen LogP contribution is 2.40. The summed E-state index contributed by atoms with van der Waals surface area (Å²) in [4.78, 5) is 0. The summed E-state index contributed by atoms with van der Waals surface area (Å²) in [7, 11) is 0. The summed E-state index contributed by atoms with van der Waals surface area (Å²) >= 11 is 0. The van der Waals surface area contributed by atoms with Crippen LogP contribution < -0.4 is 4.74 Å². The quantitative estimate of drug-likeness (QED) is 0.683. The third kappa shape index (κ3) is 3.13. The summed E-state index contributed by atoms with van der Waals surface area (Å²) in [6.07, 6.45) is 1.99. The van der Waals surface area contributed by atoms with Crippen molar-refractivity contribution in [2.75, 3.05) is 0 Å². The smallest absolute Gasteiger partial charge is 0.176 e. The minimum Gasteiger partial charge on any atom is -0.507 e. The number of rotatable bonds is 5. The molecular formula is C20H22N2O2. The molecule has 0 aliphatic heterocycles. The van der Waals surface area contributed by atoms with Gasteiger partial charge < -0.3 is 9.84 Å². The van der Waals surface area contributed by atoms with Crippen LogP contribution in [0.15, 0.2) is 42.5 Å². The lowest BCUT2D eigenvalue weighted by Crippen LogP contribution is -1.93. The molecule has 4 nitrogen and oxygen atoms in total. The Morgan fingerprint density at radius 2 is 1.88 bits per heavy atom. The summed E-state index contributed by atoms with van der Waals surface area (Å²) in [5, 5.41) is 17.9. The third-order valence-electron chi connectivity index (χ3n) is 4.00. The monoisotopic (exact) mass is 322 g/mol. The van der Waals surface area contributed by atoms with Crippen molar-refractivity contribution in [3.8, 4) is 28.5 Å². The third-order valence-corrected chi connectivity index (χ3v) is 4.00. The lowest BCUT2D eigenvalue weighted by atomic mass is 9.98. The van der Waals surface area contributed by atoms with E-state index in [1.165, 1.54) is 0 Å². The molecule has 2 N–H and O–H groups in total. The van der Waals surface area contributed by atoms with Gasteiger partial charge in [-0.2, -0.15) is 5.10 Å². The van der Waals surface area contributed by atoms with Crippen molar-refractivity contribution in [1.29, 1.82) is 0 Å². The maximum Gasteiger partial charge on any atom is 0.176 e. The minimum absolute atomic E-state index is 0.239. The summed E-state index contributed by atoms with van der Waals surface area (Å²) in [6, 6.07) is 13.5. The van der Waals surface area contributed by atoms with E-state index in [9.17, 15) is 5.11 Å². The molecule has 0 bridgehead atoms. The van der Waals surface area contributed by atoms with Gasteiger partial charge in [-0.25, -0.2) is 0 Å². The number of hydrogen-bond acceptors (Lipinski definition) is 3. The first-order chi connectivity index (χ1) is 11.6. The Kier molecular flexibility index (Phi) is 4.56. The van der Waals surface area contributed by atoms with Gasteiger partial charge in [0.25, 0.3) is 0 Å². The Morgan fingerprint density at radius 1 is 1.12 bits per heavy atom. The van der Waals surface area contributed by atoms with Gasteiger partial charge in [0.2, 0.25) is 0 Å². The molecule has 0 unspecified atom stereocenters. The SMILES string of the molecule is CCCc1cc(C)c(-c2n[nH]c(C)c2Oc2ccccc2)c(O)c1. The van der Waals surface area contributed by atoms with Gasteiger partial charge in [-0.3, -0.25) is 5.10 Å². The van der Waals surface area contributed by atoms with E-state index in [0.717, 1.165) is 35.4 Å². The number of hydrogen-bond donors (Lipinski definition) is 2. The van der Waals surface area contributed by atoms with E-state index >= 15 is 0 Å². The van der Waals surface area contributed by atoms with E-state index in [1.807, 2.05) is 50.2 Å². The van der Waals surface area contributed by atoms with Gasteiger partial charge in [0.1, 0.15) is 17.2 Å². The number of nitrogens with one attached hydrogen (secondary N) is 1. The molecule has 0 fully saturated rings. The second-order valence-electron chi connectivity index (χ2n) is 6.00. The zero-order valence-electron chi connectivity index (χ0n) is 14.3. The second kappa shape index (κ2) is 6.79. The topological polar surface area (TPSA) is 58.1 Å². The zero-order chi connectivity index (χ0) is 17.1. The average molecular weight is 322 g/mol. The molecule has 124 valence electrons. The van der Waals surface area contributed by atoms with Gasteiger partial charge in [0, 0.05) is 0 Å². The summed E-state index contributed by atoms with van der Waals surface area (Å²) in [6.45, 7) is 6.03. The van der Waals surface area contributed by atoms with Crippen LogP contribution in [0, 0.1) is 13.8 Å². The fourth-order valence-corrected chi connectivity index (χ4v) is 2.90. The van der Waals surface area contributed by atoms with Gasteiger partial charge in [0.15, 0.2) is 5.75 Å². The van der Waals surface area contributed by atoms with Crippen LogP contribution in [0.4, 0.5) is 0 Å². The molecule has 0 amide bonds. The van der Waals surface area contributed by atoms with E-state index < -0.39 is 0 Å². The predicted octanol–water partition coefficient (Wildman–Crippen LogP) is 5.14. The number of H-pyrrole nitrogens is 1.